The van der Waals surface area contributed by atoms with Gasteiger partial charge in [0.1, 0.15) is 11.8 Å². The number of nitrogens with one attached hydrogen (secondary N) is 1. The van der Waals surface area contributed by atoms with Crippen LogP contribution >= 0.6 is 0 Å². The highest BCUT2D eigenvalue weighted by Crippen LogP contribution is 2.32. The molecule has 1 aromatic heterocycles. The molecule has 4 rings (SSSR count). The summed E-state index contributed by atoms with van der Waals surface area (Å²) in [5.74, 6) is -1.45. The first-order valence-electron chi connectivity index (χ1n) is 11.1. The van der Waals surface area contributed by atoms with Crippen molar-refractivity contribution in [2.24, 2.45) is 0 Å². The van der Waals surface area contributed by atoms with Gasteiger partial charge < -0.3 is 14.4 Å². The second-order valence-corrected chi connectivity index (χ2v) is 8.32. The number of esters is 1. The van der Waals surface area contributed by atoms with E-state index in [1.54, 1.807) is 24.4 Å². The number of ether oxygens (including phenoxy) is 1. The maximum Gasteiger partial charge on any atom is 0.416 e. The van der Waals surface area contributed by atoms with E-state index in [0.29, 0.717) is 23.1 Å². The molecular formula is C27H23F3N2O4. The Balaban J connectivity index is 1.72. The third-order valence-corrected chi connectivity index (χ3v) is 5.66. The summed E-state index contributed by atoms with van der Waals surface area (Å²) in [6, 6.07) is 18.1. The Morgan fingerprint density at radius 1 is 1.00 bits per heavy atom. The summed E-state index contributed by atoms with van der Waals surface area (Å²) >= 11 is 0. The van der Waals surface area contributed by atoms with Crippen molar-refractivity contribution in [1.82, 2.24) is 9.88 Å². The third kappa shape index (κ3) is 5.75. The Kier molecular flexibility index (Phi) is 7.12. The Morgan fingerprint density at radius 2 is 1.72 bits per heavy atom. The third-order valence-electron chi connectivity index (χ3n) is 5.66. The van der Waals surface area contributed by atoms with Crippen LogP contribution in [0.4, 0.5) is 13.2 Å². The molecule has 0 saturated heterocycles. The molecule has 2 N–H and O–H groups in total. The number of benzene rings is 3. The zero-order valence-corrected chi connectivity index (χ0v) is 19.3. The lowest BCUT2D eigenvalue weighted by molar-refractivity contribution is -0.140. The van der Waals surface area contributed by atoms with Gasteiger partial charge in [0.15, 0.2) is 0 Å². The fourth-order valence-electron chi connectivity index (χ4n) is 4.08. The van der Waals surface area contributed by atoms with Gasteiger partial charge in [-0.05, 0) is 35.4 Å². The smallest absolute Gasteiger partial charge is 0.416 e. The van der Waals surface area contributed by atoms with Gasteiger partial charge in [0.05, 0.1) is 5.56 Å². The van der Waals surface area contributed by atoms with Gasteiger partial charge in [-0.15, -0.1) is 0 Å². The van der Waals surface area contributed by atoms with Crippen molar-refractivity contribution < 1.29 is 32.6 Å². The number of halogens is 3. The highest BCUT2D eigenvalue weighted by Gasteiger charge is 2.30. The standard InChI is InChI=1S/C27H23F3N2O4/c1-17(33)36-21-10-11-24-22(13-21)23(16-32(24)15-18-6-3-2-4-7-18)25(26(34)35)31-14-19-8-5-9-20(12-19)27(28,29)30/h2-13,16,25,31H,14-15H2,1H3,(H,34,35). The van der Waals surface area contributed by atoms with E-state index in [1.807, 2.05) is 34.9 Å². The number of carbonyl (C=O) groups excluding carboxylic acids is 1. The van der Waals surface area contributed by atoms with E-state index in [2.05, 4.69) is 5.32 Å². The predicted octanol–water partition coefficient (Wildman–Crippen LogP) is 5.55. The summed E-state index contributed by atoms with van der Waals surface area (Å²) < 4.78 is 46.4. The molecule has 9 heteroatoms. The molecule has 6 nitrogen and oxygen atoms in total. The van der Waals surface area contributed by atoms with Crippen LogP contribution in [0.15, 0.2) is 79.0 Å². The van der Waals surface area contributed by atoms with Crippen LogP contribution in [0.1, 0.15) is 35.2 Å². The van der Waals surface area contributed by atoms with E-state index >= 15 is 0 Å². The van der Waals surface area contributed by atoms with Crippen LogP contribution in [0.5, 0.6) is 5.75 Å². The highest BCUT2D eigenvalue weighted by atomic mass is 19.4. The number of carbonyl (C=O) groups is 2. The molecule has 0 radical (unpaired) electrons. The maximum atomic E-state index is 13.1. The Hall–Kier alpha value is -4.11. The van der Waals surface area contributed by atoms with Crippen LogP contribution in [0.3, 0.4) is 0 Å². The van der Waals surface area contributed by atoms with Gasteiger partial charge in [-0.25, -0.2) is 0 Å². The Morgan fingerprint density at radius 3 is 2.39 bits per heavy atom. The lowest BCUT2D eigenvalue weighted by Crippen LogP contribution is -2.28. The molecule has 0 aliphatic rings. The van der Waals surface area contributed by atoms with E-state index in [9.17, 15) is 27.9 Å². The van der Waals surface area contributed by atoms with Crippen LogP contribution in [0.2, 0.25) is 0 Å². The summed E-state index contributed by atoms with van der Waals surface area (Å²) in [6.07, 6.45) is -2.80. The second kappa shape index (κ2) is 10.2. The molecule has 0 saturated carbocycles. The number of alkyl halides is 3. The molecule has 1 unspecified atom stereocenters. The van der Waals surface area contributed by atoms with Crippen molar-refractivity contribution in [2.45, 2.75) is 32.2 Å². The molecule has 0 amide bonds. The van der Waals surface area contributed by atoms with E-state index in [-0.39, 0.29) is 12.3 Å². The zero-order chi connectivity index (χ0) is 25.9. The average Bonchev–Trinajstić information content (AvgIpc) is 3.16. The molecule has 3 aromatic carbocycles. The molecule has 186 valence electrons. The molecule has 0 bridgehead atoms. The lowest BCUT2D eigenvalue weighted by atomic mass is 10.0. The number of nitrogens with zero attached hydrogens (tertiary/aromatic N) is 1. The Labute approximate surface area is 204 Å². The SMILES string of the molecule is CC(=O)Oc1ccc2c(c1)c(C(NCc1cccc(C(F)(F)F)c1)C(=O)O)cn2Cc1ccccc1. The molecule has 0 fully saturated rings. The number of aromatic nitrogens is 1. The summed E-state index contributed by atoms with van der Waals surface area (Å²) in [4.78, 5) is 23.8. The molecule has 1 heterocycles. The quantitative estimate of drug-likeness (QED) is 0.247. The minimum Gasteiger partial charge on any atom is -0.480 e. The molecular weight excluding hydrogens is 473 g/mol. The topological polar surface area (TPSA) is 80.6 Å². The number of carboxylic acids is 1. The van der Waals surface area contributed by atoms with Gasteiger partial charge in [-0.2, -0.15) is 13.2 Å². The molecule has 0 aliphatic carbocycles. The number of rotatable bonds is 8. The first-order valence-corrected chi connectivity index (χ1v) is 11.1. The summed E-state index contributed by atoms with van der Waals surface area (Å²) in [6.45, 7) is 1.63. The number of carboxylic acid groups (broad SMARTS) is 1. The first-order chi connectivity index (χ1) is 17.1. The lowest BCUT2D eigenvalue weighted by Gasteiger charge is -2.15. The molecule has 0 aliphatic heterocycles. The van der Waals surface area contributed by atoms with Crippen molar-refractivity contribution in [1.29, 1.82) is 0 Å². The summed E-state index contributed by atoms with van der Waals surface area (Å²) in [7, 11) is 0. The molecule has 0 spiro atoms. The highest BCUT2D eigenvalue weighted by molar-refractivity contribution is 5.91. The van der Waals surface area contributed by atoms with Crippen LogP contribution < -0.4 is 10.1 Å². The molecule has 36 heavy (non-hydrogen) atoms. The predicted molar refractivity (Wildman–Crippen MR) is 127 cm³/mol. The zero-order valence-electron chi connectivity index (χ0n) is 19.3. The van der Waals surface area contributed by atoms with Gasteiger partial charge in [-0.1, -0.05) is 48.5 Å². The van der Waals surface area contributed by atoms with E-state index in [4.69, 9.17) is 4.74 Å². The van der Waals surface area contributed by atoms with Crippen molar-refractivity contribution in [2.75, 3.05) is 0 Å². The number of aliphatic carboxylic acids is 1. The monoisotopic (exact) mass is 496 g/mol. The minimum atomic E-state index is -4.50. The van der Waals surface area contributed by atoms with Gasteiger partial charge >= 0.3 is 18.1 Å². The fourth-order valence-corrected chi connectivity index (χ4v) is 4.08. The van der Waals surface area contributed by atoms with Crippen LogP contribution in [-0.4, -0.2) is 21.6 Å². The minimum absolute atomic E-state index is 0.101. The second-order valence-electron chi connectivity index (χ2n) is 8.32. The first kappa shape index (κ1) is 25.0. The van der Waals surface area contributed by atoms with Crippen molar-refractivity contribution >= 4 is 22.8 Å². The number of hydrogen-bond acceptors (Lipinski definition) is 4. The summed E-state index contributed by atoms with van der Waals surface area (Å²) in [5, 5.41) is 13.4. The number of hydrogen-bond donors (Lipinski definition) is 2. The van der Waals surface area contributed by atoms with E-state index in [0.717, 1.165) is 23.2 Å². The normalized spacial score (nSPS) is 12.4. The van der Waals surface area contributed by atoms with Crippen LogP contribution in [0.25, 0.3) is 10.9 Å². The van der Waals surface area contributed by atoms with Crippen molar-refractivity contribution in [3.63, 3.8) is 0 Å². The van der Waals surface area contributed by atoms with E-state index in [1.165, 1.54) is 19.1 Å². The van der Waals surface area contributed by atoms with Gasteiger partial charge in [-0.3, -0.25) is 14.9 Å². The van der Waals surface area contributed by atoms with Crippen molar-refractivity contribution in [3.8, 4) is 5.75 Å². The van der Waals surface area contributed by atoms with Gasteiger partial charge in [0.2, 0.25) is 0 Å². The van der Waals surface area contributed by atoms with Crippen molar-refractivity contribution in [3.05, 3.63) is 101 Å². The Bertz CT molecular complexity index is 1400. The summed E-state index contributed by atoms with van der Waals surface area (Å²) in [5.41, 5.74) is 1.60. The van der Waals surface area contributed by atoms with Gasteiger partial charge in [0.25, 0.3) is 0 Å². The van der Waals surface area contributed by atoms with Gasteiger partial charge in [0, 0.05) is 42.7 Å². The number of fused-ring (bicyclic) bond motifs is 1. The maximum absolute atomic E-state index is 13.1. The largest absolute Gasteiger partial charge is 0.480 e. The molecule has 1 atom stereocenters. The van der Waals surface area contributed by atoms with Crippen LogP contribution in [-0.2, 0) is 28.9 Å². The average molecular weight is 496 g/mol. The van der Waals surface area contributed by atoms with E-state index < -0.39 is 29.7 Å². The molecule has 4 aromatic rings. The van der Waals surface area contributed by atoms with Crippen LogP contribution in [0, 0.1) is 0 Å². The fraction of sp³-hybridized carbons (Fsp3) is 0.185.